The third-order valence-corrected chi connectivity index (χ3v) is 3.46. The van der Waals surface area contributed by atoms with Crippen molar-refractivity contribution >= 4 is 20.7 Å². The first-order valence-corrected chi connectivity index (χ1v) is 6.46. The number of aryl methyl sites for hydroxylation is 1. The first kappa shape index (κ1) is 13.8. The van der Waals surface area contributed by atoms with Gasteiger partial charge in [0.25, 0.3) is 0 Å². The van der Waals surface area contributed by atoms with E-state index in [4.69, 9.17) is 0 Å². The van der Waals surface area contributed by atoms with Crippen LogP contribution in [-0.4, -0.2) is 0 Å². The van der Waals surface area contributed by atoms with E-state index in [1.165, 1.54) is 27.5 Å². The van der Waals surface area contributed by atoms with E-state index >= 15 is 0 Å². The summed E-state index contributed by atoms with van der Waals surface area (Å²) in [6.07, 6.45) is 1.06. The monoisotopic (exact) mass is 266 g/mol. The van der Waals surface area contributed by atoms with Crippen molar-refractivity contribution < 1.29 is 0 Å². The van der Waals surface area contributed by atoms with Crippen molar-refractivity contribution in [2.24, 2.45) is 0 Å². The highest BCUT2D eigenvalue weighted by Gasteiger charge is 2.07. The van der Waals surface area contributed by atoms with Crippen LogP contribution in [0.2, 0.25) is 0 Å². The third kappa shape index (κ3) is 2.55. The molecule has 0 fully saturated rings. The molecule has 0 bridgehead atoms. The van der Waals surface area contributed by atoms with Crippen LogP contribution in [0.25, 0.3) is 21.9 Å². The average molecular weight is 266 g/mol. The molecule has 0 aliphatic carbocycles. The zero-order chi connectivity index (χ0) is 12.4. The van der Waals surface area contributed by atoms with Crippen LogP contribution < -0.4 is 0 Å². The molecule has 0 saturated carbocycles. The van der Waals surface area contributed by atoms with Crippen LogP contribution in [0.15, 0.2) is 66.7 Å². The van der Waals surface area contributed by atoms with Crippen molar-refractivity contribution in [3.63, 3.8) is 0 Å². The molecular formula is C18H19P. The fraction of sp³-hybridized carbons (Fsp3) is 0.111. The van der Waals surface area contributed by atoms with Crippen molar-refractivity contribution in [1.82, 2.24) is 0 Å². The lowest BCUT2D eigenvalue weighted by Gasteiger charge is -2.12. The van der Waals surface area contributed by atoms with Gasteiger partial charge in [0.15, 0.2) is 0 Å². The molecule has 0 saturated heterocycles. The quantitative estimate of drug-likeness (QED) is 0.564. The Morgan fingerprint density at radius 3 is 2.16 bits per heavy atom. The van der Waals surface area contributed by atoms with Gasteiger partial charge in [0.05, 0.1) is 0 Å². The Bertz CT molecular complexity index is 672. The second-order valence-electron chi connectivity index (χ2n) is 4.54. The largest absolute Gasteiger partial charge is 0.153 e. The van der Waals surface area contributed by atoms with Gasteiger partial charge < -0.3 is 0 Å². The molecule has 19 heavy (non-hydrogen) atoms. The second kappa shape index (κ2) is 5.99. The van der Waals surface area contributed by atoms with Gasteiger partial charge in [0.2, 0.25) is 0 Å². The Hall–Kier alpha value is -1.65. The minimum absolute atomic E-state index is 0. The maximum absolute atomic E-state index is 2.25. The van der Waals surface area contributed by atoms with Crippen molar-refractivity contribution in [3.05, 3.63) is 72.3 Å². The van der Waals surface area contributed by atoms with E-state index in [0.29, 0.717) is 0 Å². The summed E-state index contributed by atoms with van der Waals surface area (Å²) in [5.41, 5.74) is 4.11. The van der Waals surface area contributed by atoms with Crippen LogP contribution in [0.5, 0.6) is 0 Å². The average Bonchev–Trinajstić information content (AvgIpc) is 2.47. The number of hydrogen-bond acceptors (Lipinski definition) is 0. The van der Waals surface area contributed by atoms with Crippen LogP contribution in [0, 0.1) is 0 Å². The maximum atomic E-state index is 2.25. The molecule has 1 atom stereocenters. The summed E-state index contributed by atoms with van der Waals surface area (Å²) < 4.78 is 0. The number of rotatable bonds is 2. The van der Waals surface area contributed by atoms with Crippen molar-refractivity contribution in [2.45, 2.75) is 13.3 Å². The highest BCUT2D eigenvalue weighted by molar-refractivity contribution is 6.92. The summed E-state index contributed by atoms with van der Waals surface area (Å²) in [5, 5.41) is 2.66. The van der Waals surface area contributed by atoms with Gasteiger partial charge in [-0.15, -0.1) is 0 Å². The second-order valence-corrected chi connectivity index (χ2v) is 4.54. The lowest BCUT2D eigenvalue weighted by Crippen LogP contribution is -1.89. The number of fused-ring (bicyclic) bond motifs is 1. The Morgan fingerprint density at radius 2 is 1.42 bits per heavy atom. The van der Waals surface area contributed by atoms with Crippen LogP contribution in [0.4, 0.5) is 0 Å². The number of benzene rings is 3. The molecule has 0 amide bonds. The molecule has 1 unspecified atom stereocenters. The van der Waals surface area contributed by atoms with E-state index in [-0.39, 0.29) is 9.90 Å². The van der Waals surface area contributed by atoms with Gasteiger partial charge in [-0.05, 0) is 33.9 Å². The predicted octanol–water partition coefficient (Wildman–Crippen LogP) is 5.13. The summed E-state index contributed by atoms with van der Waals surface area (Å²) in [4.78, 5) is 0. The first-order chi connectivity index (χ1) is 8.90. The van der Waals surface area contributed by atoms with Crippen LogP contribution >= 0.6 is 9.90 Å². The van der Waals surface area contributed by atoms with E-state index in [1.807, 2.05) is 0 Å². The minimum atomic E-state index is 0. The molecule has 96 valence electrons. The Morgan fingerprint density at radius 1 is 0.737 bits per heavy atom. The Kier molecular flexibility index (Phi) is 4.35. The Balaban J connectivity index is 0.00000133. The van der Waals surface area contributed by atoms with E-state index < -0.39 is 0 Å². The topological polar surface area (TPSA) is 0 Å². The van der Waals surface area contributed by atoms with Gasteiger partial charge in [-0.3, -0.25) is 0 Å². The van der Waals surface area contributed by atoms with E-state index in [1.54, 1.807) is 0 Å². The summed E-state index contributed by atoms with van der Waals surface area (Å²) in [7, 11) is 0. The summed E-state index contributed by atoms with van der Waals surface area (Å²) in [6.45, 7) is 2.22. The van der Waals surface area contributed by atoms with Crippen LogP contribution in [0.1, 0.15) is 12.5 Å². The third-order valence-electron chi connectivity index (χ3n) is 3.46. The SMILES string of the molecule is CCc1ccc2ccccc2c1-c1ccccc1.P. The molecular weight excluding hydrogens is 247 g/mol. The molecule has 3 rings (SSSR count). The normalized spacial score (nSPS) is 10.2. The summed E-state index contributed by atoms with van der Waals surface area (Å²) in [6, 6.07) is 23.8. The van der Waals surface area contributed by atoms with Crippen molar-refractivity contribution in [3.8, 4) is 11.1 Å². The maximum Gasteiger partial charge on any atom is -0.00734 e. The van der Waals surface area contributed by atoms with Gasteiger partial charge >= 0.3 is 0 Å². The van der Waals surface area contributed by atoms with Gasteiger partial charge in [-0.25, -0.2) is 0 Å². The lowest BCUT2D eigenvalue weighted by molar-refractivity contribution is 1.15. The van der Waals surface area contributed by atoms with Gasteiger partial charge in [-0.1, -0.05) is 73.7 Å². The van der Waals surface area contributed by atoms with Gasteiger partial charge in [0, 0.05) is 0 Å². The number of hydrogen-bond donors (Lipinski definition) is 0. The standard InChI is InChI=1S/C18H16.H3P/c1-2-14-12-13-15-8-6-7-11-17(15)18(14)16-9-4-3-5-10-16;/h3-13H,2H2,1H3;1H3. The van der Waals surface area contributed by atoms with E-state index in [0.717, 1.165) is 6.42 Å². The molecule has 0 aromatic heterocycles. The first-order valence-electron chi connectivity index (χ1n) is 6.46. The minimum Gasteiger partial charge on any atom is -0.153 e. The fourth-order valence-corrected chi connectivity index (χ4v) is 2.56. The van der Waals surface area contributed by atoms with E-state index in [2.05, 4.69) is 73.7 Å². The van der Waals surface area contributed by atoms with Gasteiger partial charge in [-0.2, -0.15) is 9.90 Å². The molecule has 0 N–H and O–H groups in total. The van der Waals surface area contributed by atoms with Crippen molar-refractivity contribution in [2.75, 3.05) is 0 Å². The molecule has 0 aliphatic heterocycles. The lowest BCUT2D eigenvalue weighted by atomic mass is 9.92. The highest BCUT2D eigenvalue weighted by Crippen LogP contribution is 2.32. The van der Waals surface area contributed by atoms with Gasteiger partial charge in [0.1, 0.15) is 0 Å². The highest BCUT2D eigenvalue weighted by atomic mass is 31.0. The zero-order valence-corrected chi connectivity index (χ0v) is 12.7. The van der Waals surface area contributed by atoms with Crippen molar-refractivity contribution in [1.29, 1.82) is 0 Å². The predicted molar refractivity (Wildman–Crippen MR) is 89.9 cm³/mol. The molecule has 0 heterocycles. The van der Waals surface area contributed by atoms with Crippen LogP contribution in [0.3, 0.4) is 0 Å². The molecule has 0 nitrogen and oxygen atoms in total. The molecule has 0 radical (unpaired) electrons. The summed E-state index contributed by atoms with van der Waals surface area (Å²) >= 11 is 0. The molecule has 3 aromatic rings. The van der Waals surface area contributed by atoms with Crippen LogP contribution in [-0.2, 0) is 6.42 Å². The molecule has 0 spiro atoms. The Labute approximate surface area is 118 Å². The summed E-state index contributed by atoms with van der Waals surface area (Å²) in [5.74, 6) is 0. The fourth-order valence-electron chi connectivity index (χ4n) is 2.56. The van der Waals surface area contributed by atoms with E-state index in [9.17, 15) is 0 Å². The molecule has 0 aliphatic rings. The molecule has 1 heteroatoms. The smallest absolute Gasteiger partial charge is 0.00734 e. The zero-order valence-electron chi connectivity index (χ0n) is 11.3. The molecule has 3 aromatic carbocycles.